The number of unbranched alkanes of at least 4 members (excludes halogenated alkanes) is 3. The minimum absolute atomic E-state index is 0.815. The molecule has 0 bridgehead atoms. The first-order valence-electron chi connectivity index (χ1n) is 6.13. The Morgan fingerprint density at radius 1 is 0.786 bits per heavy atom. The third kappa shape index (κ3) is 8.83. The average Bonchev–Trinajstić information content (AvgIpc) is 2.21. The quantitative estimate of drug-likeness (QED) is 0.398. The van der Waals surface area contributed by atoms with Crippen molar-refractivity contribution in [3.05, 3.63) is 0 Å². The van der Waals surface area contributed by atoms with Crippen molar-refractivity contribution < 1.29 is 0 Å². The summed E-state index contributed by atoms with van der Waals surface area (Å²) in [6.07, 6.45) is 7.71. The Bertz CT molecular complexity index is 98.5. The second-order valence-corrected chi connectivity index (χ2v) is 4.32. The number of hydrogen-bond acceptors (Lipinski definition) is 1. The van der Waals surface area contributed by atoms with E-state index in [1.165, 1.54) is 51.7 Å². The minimum Gasteiger partial charge on any atom is -0.303 e. The Morgan fingerprint density at radius 2 is 1.29 bits per heavy atom. The monoisotopic (exact) mass is 219 g/mol. The first-order valence-corrected chi connectivity index (χ1v) is 6.66. The van der Waals surface area contributed by atoms with Crippen molar-refractivity contribution in [2.24, 2.45) is 0 Å². The van der Waals surface area contributed by atoms with E-state index in [1.807, 2.05) is 0 Å². The average molecular weight is 220 g/mol. The molecule has 0 saturated heterocycles. The minimum atomic E-state index is 0.815. The summed E-state index contributed by atoms with van der Waals surface area (Å²) in [7, 11) is 0. The lowest BCUT2D eigenvalue weighted by Gasteiger charge is -2.21. The highest BCUT2D eigenvalue weighted by Crippen LogP contribution is 2.02. The van der Waals surface area contributed by atoms with Crippen LogP contribution in [0.5, 0.6) is 0 Å². The Labute approximate surface area is 94.8 Å². The molecule has 0 unspecified atom stereocenters. The Balaban J connectivity index is 3.49. The van der Waals surface area contributed by atoms with Gasteiger partial charge in [0.15, 0.2) is 0 Å². The van der Waals surface area contributed by atoms with E-state index in [1.54, 1.807) is 0 Å². The summed E-state index contributed by atoms with van der Waals surface area (Å²) in [6.45, 7) is 8.32. The first kappa shape index (κ1) is 14.2. The number of halogens is 1. The number of nitrogens with zero attached hydrogens (tertiary/aromatic N) is 1. The van der Waals surface area contributed by atoms with Gasteiger partial charge in [0.1, 0.15) is 0 Å². The molecule has 14 heavy (non-hydrogen) atoms. The van der Waals surface area contributed by atoms with Crippen LogP contribution >= 0.6 is 11.6 Å². The molecule has 0 aliphatic carbocycles. The van der Waals surface area contributed by atoms with E-state index < -0.39 is 0 Å². The molecule has 0 aromatic carbocycles. The third-order valence-electron chi connectivity index (χ3n) is 2.51. The van der Waals surface area contributed by atoms with Gasteiger partial charge in [-0.15, -0.1) is 11.6 Å². The van der Waals surface area contributed by atoms with Crippen LogP contribution in [0.3, 0.4) is 0 Å². The molecule has 86 valence electrons. The molecule has 0 aliphatic heterocycles. The molecule has 0 rings (SSSR count). The second kappa shape index (κ2) is 11.3. The second-order valence-electron chi connectivity index (χ2n) is 3.94. The Hall–Kier alpha value is 0.250. The topological polar surface area (TPSA) is 3.24 Å². The van der Waals surface area contributed by atoms with Gasteiger partial charge in [0.25, 0.3) is 0 Å². The van der Waals surface area contributed by atoms with Gasteiger partial charge in [-0.3, -0.25) is 0 Å². The van der Waals surface area contributed by atoms with Crippen molar-refractivity contribution in [1.29, 1.82) is 0 Å². The predicted octanol–water partition coefficient (Wildman–Crippen LogP) is 3.91. The smallest absolute Gasteiger partial charge is 0.0223 e. The number of hydrogen-bond donors (Lipinski definition) is 0. The normalized spacial score (nSPS) is 11.1. The highest BCUT2D eigenvalue weighted by atomic mass is 35.5. The van der Waals surface area contributed by atoms with E-state index in [-0.39, 0.29) is 0 Å². The largest absolute Gasteiger partial charge is 0.303 e. The van der Waals surface area contributed by atoms with Gasteiger partial charge >= 0.3 is 0 Å². The molecular formula is C12H26ClN. The van der Waals surface area contributed by atoms with E-state index in [2.05, 4.69) is 18.7 Å². The van der Waals surface area contributed by atoms with E-state index in [9.17, 15) is 0 Å². The van der Waals surface area contributed by atoms with Gasteiger partial charge in [0.05, 0.1) is 0 Å². The molecule has 0 fully saturated rings. The molecule has 0 aliphatic rings. The SMILES string of the molecule is CCCCN(CCCC)CCCCCl. The van der Waals surface area contributed by atoms with Crippen molar-refractivity contribution in [3.63, 3.8) is 0 Å². The number of rotatable bonds is 10. The van der Waals surface area contributed by atoms with E-state index in [0.717, 1.165) is 12.3 Å². The Morgan fingerprint density at radius 3 is 1.71 bits per heavy atom. The zero-order valence-electron chi connectivity index (χ0n) is 9.90. The van der Waals surface area contributed by atoms with Gasteiger partial charge in [0.2, 0.25) is 0 Å². The third-order valence-corrected chi connectivity index (χ3v) is 2.78. The summed E-state index contributed by atoms with van der Waals surface area (Å²) in [6, 6.07) is 0. The van der Waals surface area contributed by atoms with Crippen LogP contribution in [-0.2, 0) is 0 Å². The molecule has 1 nitrogen and oxygen atoms in total. The summed E-state index contributed by atoms with van der Waals surface area (Å²) in [5.74, 6) is 0.815. The molecule has 0 spiro atoms. The summed E-state index contributed by atoms with van der Waals surface area (Å²) < 4.78 is 0. The molecule has 2 heteroatoms. The van der Waals surface area contributed by atoms with Crippen molar-refractivity contribution >= 4 is 11.6 Å². The summed E-state index contributed by atoms with van der Waals surface area (Å²) in [4.78, 5) is 2.60. The van der Waals surface area contributed by atoms with Crippen LogP contribution < -0.4 is 0 Å². The zero-order chi connectivity index (χ0) is 10.6. The van der Waals surface area contributed by atoms with Crippen LogP contribution in [0.25, 0.3) is 0 Å². The van der Waals surface area contributed by atoms with Crippen LogP contribution in [0, 0.1) is 0 Å². The lowest BCUT2D eigenvalue weighted by Crippen LogP contribution is -2.27. The van der Waals surface area contributed by atoms with Gasteiger partial charge in [-0.05, 0) is 45.3 Å². The molecule has 0 aromatic rings. The van der Waals surface area contributed by atoms with Crippen molar-refractivity contribution in [3.8, 4) is 0 Å². The maximum Gasteiger partial charge on any atom is 0.0223 e. The van der Waals surface area contributed by atoms with Gasteiger partial charge in [0, 0.05) is 5.88 Å². The molecule has 0 heterocycles. The van der Waals surface area contributed by atoms with Gasteiger partial charge in [-0.25, -0.2) is 0 Å². The molecular weight excluding hydrogens is 194 g/mol. The van der Waals surface area contributed by atoms with Crippen molar-refractivity contribution in [2.75, 3.05) is 25.5 Å². The van der Waals surface area contributed by atoms with Gasteiger partial charge < -0.3 is 4.90 Å². The van der Waals surface area contributed by atoms with Crippen molar-refractivity contribution in [2.45, 2.75) is 52.4 Å². The lowest BCUT2D eigenvalue weighted by molar-refractivity contribution is 0.261. The Kier molecular flexibility index (Phi) is 11.5. The van der Waals surface area contributed by atoms with Crippen LogP contribution in [0.15, 0.2) is 0 Å². The molecule has 0 aromatic heterocycles. The summed E-state index contributed by atoms with van der Waals surface area (Å²) >= 11 is 5.68. The summed E-state index contributed by atoms with van der Waals surface area (Å²) in [5.41, 5.74) is 0. The van der Waals surface area contributed by atoms with Crippen LogP contribution in [-0.4, -0.2) is 30.4 Å². The first-order chi connectivity index (χ1) is 6.85. The van der Waals surface area contributed by atoms with Crippen LogP contribution in [0.2, 0.25) is 0 Å². The maximum absolute atomic E-state index is 5.68. The maximum atomic E-state index is 5.68. The highest BCUT2D eigenvalue weighted by Gasteiger charge is 2.02. The fraction of sp³-hybridized carbons (Fsp3) is 1.00. The van der Waals surface area contributed by atoms with E-state index in [4.69, 9.17) is 11.6 Å². The fourth-order valence-corrected chi connectivity index (χ4v) is 1.72. The van der Waals surface area contributed by atoms with E-state index in [0.29, 0.717) is 0 Å². The van der Waals surface area contributed by atoms with Gasteiger partial charge in [-0.1, -0.05) is 26.7 Å². The van der Waals surface area contributed by atoms with E-state index >= 15 is 0 Å². The zero-order valence-corrected chi connectivity index (χ0v) is 10.7. The fourth-order valence-electron chi connectivity index (χ4n) is 1.53. The molecule has 0 N–H and O–H groups in total. The molecule has 0 saturated carbocycles. The highest BCUT2D eigenvalue weighted by molar-refractivity contribution is 6.17. The molecule has 0 radical (unpaired) electrons. The molecule has 0 amide bonds. The standard InChI is InChI=1S/C12H26ClN/c1-3-5-10-14(11-6-4-2)12-8-7-9-13/h3-12H2,1-2H3. The summed E-state index contributed by atoms with van der Waals surface area (Å²) in [5, 5.41) is 0. The van der Waals surface area contributed by atoms with Crippen LogP contribution in [0.1, 0.15) is 52.4 Å². The molecule has 0 atom stereocenters. The van der Waals surface area contributed by atoms with Crippen LogP contribution in [0.4, 0.5) is 0 Å². The van der Waals surface area contributed by atoms with Gasteiger partial charge in [-0.2, -0.15) is 0 Å². The predicted molar refractivity (Wildman–Crippen MR) is 66.2 cm³/mol. The number of alkyl halides is 1. The van der Waals surface area contributed by atoms with Crippen molar-refractivity contribution in [1.82, 2.24) is 4.90 Å². The lowest BCUT2D eigenvalue weighted by atomic mass is 10.2.